The lowest BCUT2D eigenvalue weighted by molar-refractivity contribution is 0.613. The van der Waals surface area contributed by atoms with E-state index >= 15 is 0 Å². The Hall–Kier alpha value is -3.44. The quantitative estimate of drug-likeness (QED) is 0.471. The van der Waals surface area contributed by atoms with E-state index < -0.39 is 0 Å². The first-order valence-corrected chi connectivity index (χ1v) is 9.57. The second-order valence-corrected chi connectivity index (χ2v) is 7.21. The number of hydrogen-bond acceptors (Lipinski definition) is 3. The van der Waals surface area contributed by atoms with E-state index in [1.807, 2.05) is 47.1 Å². The molecule has 1 aliphatic rings. The molecule has 142 valence electrons. The number of nitrogens with one attached hydrogen (secondary N) is 1. The van der Waals surface area contributed by atoms with Gasteiger partial charge in [0.05, 0.1) is 0 Å². The summed E-state index contributed by atoms with van der Waals surface area (Å²) < 4.78 is 15.2. The lowest BCUT2D eigenvalue weighted by Gasteiger charge is -2.24. The van der Waals surface area contributed by atoms with Crippen molar-refractivity contribution in [2.45, 2.75) is 6.04 Å². The second kappa shape index (κ2) is 7.18. The van der Waals surface area contributed by atoms with Crippen LogP contribution in [0.2, 0.25) is 5.02 Å². The zero-order valence-electron chi connectivity index (χ0n) is 15.3. The summed E-state index contributed by atoms with van der Waals surface area (Å²) in [5, 5.41) is 8.75. The van der Waals surface area contributed by atoms with Gasteiger partial charge in [0, 0.05) is 16.3 Å². The Balaban J connectivity index is 1.61. The lowest BCUT2D eigenvalue weighted by atomic mass is 10.0. The monoisotopic (exact) mass is 402 g/mol. The molecule has 4 nitrogen and oxygen atoms in total. The molecule has 0 spiro atoms. The van der Waals surface area contributed by atoms with E-state index in [1.54, 1.807) is 12.1 Å². The van der Waals surface area contributed by atoms with Crippen molar-refractivity contribution < 1.29 is 4.39 Å². The van der Waals surface area contributed by atoms with E-state index in [-0.39, 0.29) is 11.9 Å². The molecule has 0 saturated heterocycles. The molecule has 0 amide bonds. The van der Waals surface area contributed by atoms with E-state index in [9.17, 15) is 4.39 Å². The van der Waals surface area contributed by atoms with Crippen molar-refractivity contribution in [3.05, 3.63) is 107 Å². The van der Waals surface area contributed by atoms with Crippen LogP contribution in [0.3, 0.4) is 0 Å². The summed E-state index contributed by atoms with van der Waals surface area (Å²) in [6.07, 6.45) is 2.08. The van der Waals surface area contributed by atoms with E-state index in [1.165, 1.54) is 12.1 Å². The fraction of sp³-hybridized carbons (Fsp3) is 0.0435. The van der Waals surface area contributed by atoms with Crippen LogP contribution in [0.25, 0.3) is 17.1 Å². The molecule has 1 atom stereocenters. The van der Waals surface area contributed by atoms with Crippen molar-refractivity contribution in [2.24, 2.45) is 0 Å². The van der Waals surface area contributed by atoms with Gasteiger partial charge in [0.1, 0.15) is 11.9 Å². The minimum atomic E-state index is -0.266. The number of benzene rings is 3. The van der Waals surface area contributed by atoms with Gasteiger partial charge < -0.3 is 5.32 Å². The van der Waals surface area contributed by atoms with Gasteiger partial charge in [0.15, 0.2) is 5.82 Å². The van der Waals surface area contributed by atoms with Crippen molar-refractivity contribution in [2.75, 3.05) is 5.32 Å². The Morgan fingerprint density at radius 3 is 2.28 bits per heavy atom. The third kappa shape index (κ3) is 3.41. The number of halogens is 2. The standard InChI is InChI=1S/C23H16ClFN4/c24-18-10-6-17(7-11-18)22-27-23-26-20(15-8-12-19(25)13-9-15)14-21(29(23)28-22)16-4-2-1-3-5-16/h1-14,21H,(H,26,27,28)/t21-/m1/s1. The first-order valence-electron chi connectivity index (χ1n) is 9.19. The Labute approximate surface area is 172 Å². The third-order valence-corrected chi connectivity index (χ3v) is 5.12. The van der Waals surface area contributed by atoms with Gasteiger partial charge in [-0.3, -0.25) is 0 Å². The lowest BCUT2D eigenvalue weighted by Crippen LogP contribution is -2.20. The number of hydrogen-bond donors (Lipinski definition) is 1. The molecular formula is C23H16ClFN4. The molecule has 6 heteroatoms. The van der Waals surface area contributed by atoms with Crippen LogP contribution in [0, 0.1) is 5.82 Å². The van der Waals surface area contributed by atoms with Gasteiger partial charge in [-0.05, 0) is 65.7 Å². The highest BCUT2D eigenvalue weighted by molar-refractivity contribution is 6.30. The zero-order chi connectivity index (χ0) is 19.8. The normalized spacial score (nSPS) is 15.4. The molecule has 1 N–H and O–H groups in total. The molecule has 29 heavy (non-hydrogen) atoms. The molecule has 0 fully saturated rings. The first-order chi connectivity index (χ1) is 14.2. The fourth-order valence-electron chi connectivity index (χ4n) is 3.40. The Morgan fingerprint density at radius 1 is 0.862 bits per heavy atom. The summed E-state index contributed by atoms with van der Waals surface area (Å²) in [7, 11) is 0. The Morgan fingerprint density at radius 2 is 1.55 bits per heavy atom. The minimum Gasteiger partial charge on any atom is -0.324 e. The summed E-state index contributed by atoms with van der Waals surface area (Å²) in [6, 6.07) is 23.8. The van der Waals surface area contributed by atoms with Crippen LogP contribution in [0.1, 0.15) is 17.2 Å². The fourth-order valence-corrected chi connectivity index (χ4v) is 3.53. The second-order valence-electron chi connectivity index (χ2n) is 6.78. The highest BCUT2D eigenvalue weighted by Crippen LogP contribution is 2.34. The third-order valence-electron chi connectivity index (χ3n) is 4.86. The number of allylic oxidation sites excluding steroid dienone is 1. The molecule has 0 unspecified atom stereocenters. The highest BCUT2D eigenvalue weighted by Gasteiger charge is 2.25. The van der Waals surface area contributed by atoms with E-state index in [4.69, 9.17) is 21.7 Å². The molecule has 1 aromatic heterocycles. The molecule has 0 radical (unpaired) electrons. The average molecular weight is 403 g/mol. The number of rotatable bonds is 3. The molecular weight excluding hydrogens is 387 g/mol. The van der Waals surface area contributed by atoms with Gasteiger partial charge >= 0.3 is 0 Å². The molecule has 1 aliphatic heterocycles. The number of aromatic nitrogens is 3. The first kappa shape index (κ1) is 17.6. The maximum atomic E-state index is 13.4. The minimum absolute atomic E-state index is 0.138. The van der Waals surface area contributed by atoms with E-state index in [0.717, 1.165) is 22.4 Å². The summed E-state index contributed by atoms with van der Waals surface area (Å²) in [5.74, 6) is 0.974. The average Bonchev–Trinajstić information content (AvgIpc) is 3.19. The smallest absolute Gasteiger partial charge is 0.227 e. The maximum absolute atomic E-state index is 13.4. The van der Waals surface area contributed by atoms with Crippen molar-refractivity contribution >= 4 is 23.2 Å². The topological polar surface area (TPSA) is 42.7 Å². The maximum Gasteiger partial charge on any atom is 0.227 e. The van der Waals surface area contributed by atoms with Crippen LogP contribution in [-0.2, 0) is 0 Å². The van der Waals surface area contributed by atoms with Crippen molar-refractivity contribution in [3.63, 3.8) is 0 Å². The van der Waals surface area contributed by atoms with Gasteiger partial charge in [0.2, 0.25) is 5.95 Å². The molecule has 0 aliphatic carbocycles. The molecule has 0 saturated carbocycles. The van der Waals surface area contributed by atoms with Gasteiger partial charge in [-0.15, -0.1) is 5.10 Å². The van der Waals surface area contributed by atoms with E-state index in [0.29, 0.717) is 16.8 Å². The highest BCUT2D eigenvalue weighted by atomic mass is 35.5. The summed E-state index contributed by atoms with van der Waals surface area (Å²) >= 11 is 6.01. The summed E-state index contributed by atoms with van der Waals surface area (Å²) in [6.45, 7) is 0. The predicted molar refractivity (Wildman–Crippen MR) is 113 cm³/mol. The number of nitrogens with zero attached hydrogens (tertiary/aromatic N) is 3. The van der Waals surface area contributed by atoms with Crippen LogP contribution in [-0.4, -0.2) is 14.8 Å². The van der Waals surface area contributed by atoms with Gasteiger partial charge in [-0.2, -0.15) is 4.98 Å². The van der Waals surface area contributed by atoms with Crippen LogP contribution in [0.5, 0.6) is 0 Å². The zero-order valence-corrected chi connectivity index (χ0v) is 16.0. The van der Waals surface area contributed by atoms with Gasteiger partial charge in [-0.25, -0.2) is 9.07 Å². The van der Waals surface area contributed by atoms with Crippen molar-refractivity contribution in [1.29, 1.82) is 0 Å². The Kier molecular flexibility index (Phi) is 4.37. The number of fused-ring (bicyclic) bond motifs is 1. The molecule has 2 heterocycles. The molecule has 0 bridgehead atoms. The van der Waals surface area contributed by atoms with Crippen molar-refractivity contribution in [3.8, 4) is 11.4 Å². The molecule has 5 rings (SSSR count). The summed E-state index contributed by atoms with van der Waals surface area (Å²) in [5.41, 5.74) is 3.71. The van der Waals surface area contributed by atoms with Crippen LogP contribution < -0.4 is 5.32 Å². The van der Waals surface area contributed by atoms with Crippen molar-refractivity contribution in [1.82, 2.24) is 14.8 Å². The largest absolute Gasteiger partial charge is 0.324 e. The Bertz CT molecular complexity index is 1180. The van der Waals surface area contributed by atoms with Crippen LogP contribution >= 0.6 is 11.6 Å². The molecule has 4 aromatic rings. The van der Waals surface area contributed by atoms with Crippen LogP contribution in [0.15, 0.2) is 84.9 Å². The van der Waals surface area contributed by atoms with Gasteiger partial charge in [0.25, 0.3) is 0 Å². The molecule has 3 aromatic carbocycles. The SMILES string of the molecule is Fc1ccc(C2=C[C@H](c3ccccc3)n3nc(-c4ccc(Cl)cc4)nc3N2)cc1. The van der Waals surface area contributed by atoms with Crippen LogP contribution in [0.4, 0.5) is 10.3 Å². The van der Waals surface area contributed by atoms with E-state index in [2.05, 4.69) is 23.5 Å². The number of anilines is 1. The van der Waals surface area contributed by atoms with Gasteiger partial charge in [-0.1, -0.05) is 41.9 Å². The predicted octanol–water partition coefficient (Wildman–Crippen LogP) is 5.79. The summed E-state index contributed by atoms with van der Waals surface area (Å²) in [4.78, 5) is 4.70.